The molecule has 0 saturated heterocycles. The first kappa shape index (κ1) is 14.4. The number of carbonyl (C=O) groups excluding carboxylic acids is 1. The molecule has 3 heteroatoms. The fourth-order valence-electron chi connectivity index (χ4n) is 1.62. The quantitative estimate of drug-likeness (QED) is 0.711. The SMILES string of the molecule is CCCC(C)(C)NC(=O)C(N)C(C)CC. The molecule has 0 aromatic heterocycles. The normalized spacial score (nSPS) is 15.9. The molecule has 0 bridgehead atoms. The summed E-state index contributed by atoms with van der Waals surface area (Å²) in [5, 5.41) is 3.01. The van der Waals surface area contributed by atoms with Crippen LogP contribution in [-0.4, -0.2) is 17.5 Å². The zero-order valence-electron chi connectivity index (χ0n) is 10.8. The summed E-state index contributed by atoms with van der Waals surface area (Å²) in [6.07, 6.45) is 2.97. The third-order valence-corrected chi connectivity index (χ3v) is 2.90. The summed E-state index contributed by atoms with van der Waals surface area (Å²) in [5.74, 6) is 0.213. The molecule has 0 radical (unpaired) electrons. The van der Waals surface area contributed by atoms with E-state index in [2.05, 4.69) is 19.2 Å². The van der Waals surface area contributed by atoms with Crippen molar-refractivity contribution in [3.63, 3.8) is 0 Å². The van der Waals surface area contributed by atoms with Crippen molar-refractivity contribution in [3.05, 3.63) is 0 Å². The summed E-state index contributed by atoms with van der Waals surface area (Å²) in [6.45, 7) is 10.3. The van der Waals surface area contributed by atoms with Gasteiger partial charge in [0.25, 0.3) is 0 Å². The third kappa shape index (κ3) is 5.17. The number of carbonyl (C=O) groups is 1. The molecule has 2 atom stereocenters. The van der Waals surface area contributed by atoms with Gasteiger partial charge in [0.1, 0.15) is 0 Å². The Balaban J connectivity index is 4.23. The highest BCUT2D eigenvalue weighted by atomic mass is 16.2. The molecule has 1 amide bonds. The standard InChI is InChI=1S/C12H26N2O/c1-6-8-12(4,5)14-11(15)10(13)9(3)7-2/h9-10H,6-8,13H2,1-5H3,(H,14,15). The van der Waals surface area contributed by atoms with E-state index in [0.717, 1.165) is 19.3 Å². The van der Waals surface area contributed by atoms with Crippen molar-refractivity contribution in [1.29, 1.82) is 0 Å². The number of amides is 1. The molecule has 2 unspecified atom stereocenters. The Morgan fingerprint density at radius 2 is 1.93 bits per heavy atom. The van der Waals surface area contributed by atoms with E-state index >= 15 is 0 Å². The summed E-state index contributed by atoms with van der Waals surface area (Å²) in [7, 11) is 0. The smallest absolute Gasteiger partial charge is 0.237 e. The Morgan fingerprint density at radius 3 is 2.33 bits per heavy atom. The van der Waals surface area contributed by atoms with Gasteiger partial charge in [0.2, 0.25) is 5.91 Å². The first-order chi connectivity index (χ1) is 6.84. The van der Waals surface area contributed by atoms with Gasteiger partial charge in [-0.1, -0.05) is 33.6 Å². The first-order valence-corrected chi connectivity index (χ1v) is 5.91. The second-order valence-electron chi connectivity index (χ2n) is 5.03. The van der Waals surface area contributed by atoms with E-state index in [9.17, 15) is 4.79 Å². The number of hydrogen-bond donors (Lipinski definition) is 2. The Kier molecular flexibility index (Phi) is 5.88. The van der Waals surface area contributed by atoms with Gasteiger partial charge >= 0.3 is 0 Å². The zero-order valence-corrected chi connectivity index (χ0v) is 10.8. The second kappa shape index (κ2) is 6.11. The van der Waals surface area contributed by atoms with Crippen LogP contribution in [0.25, 0.3) is 0 Å². The van der Waals surface area contributed by atoms with Crippen LogP contribution < -0.4 is 11.1 Å². The lowest BCUT2D eigenvalue weighted by atomic mass is 9.95. The minimum atomic E-state index is -0.383. The van der Waals surface area contributed by atoms with Crippen molar-refractivity contribution >= 4 is 5.91 Å². The van der Waals surface area contributed by atoms with Gasteiger partial charge in [-0.3, -0.25) is 4.79 Å². The van der Waals surface area contributed by atoms with Crippen molar-refractivity contribution in [1.82, 2.24) is 5.32 Å². The van der Waals surface area contributed by atoms with Gasteiger partial charge in [-0.25, -0.2) is 0 Å². The molecule has 0 fully saturated rings. The second-order valence-corrected chi connectivity index (χ2v) is 5.03. The molecule has 0 aromatic rings. The molecule has 0 aliphatic rings. The van der Waals surface area contributed by atoms with Crippen LogP contribution in [0.4, 0.5) is 0 Å². The summed E-state index contributed by atoms with van der Waals surface area (Å²) in [6, 6.07) is -0.383. The van der Waals surface area contributed by atoms with Crippen LogP contribution in [0.5, 0.6) is 0 Å². The van der Waals surface area contributed by atoms with Gasteiger partial charge in [0.05, 0.1) is 6.04 Å². The van der Waals surface area contributed by atoms with Crippen LogP contribution in [0.15, 0.2) is 0 Å². The van der Waals surface area contributed by atoms with Crippen LogP contribution in [-0.2, 0) is 4.79 Å². The molecule has 0 aromatic carbocycles. The largest absolute Gasteiger partial charge is 0.350 e. The lowest BCUT2D eigenvalue weighted by molar-refractivity contribution is -0.125. The molecule has 0 aliphatic carbocycles. The molecular weight excluding hydrogens is 188 g/mol. The number of nitrogens with two attached hydrogens (primary N) is 1. The minimum Gasteiger partial charge on any atom is -0.350 e. The van der Waals surface area contributed by atoms with Gasteiger partial charge in [-0.05, 0) is 26.2 Å². The molecule has 0 aliphatic heterocycles. The predicted octanol–water partition coefficient (Wildman–Crippen LogP) is 2.05. The van der Waals surface area contributed by atoms with E-state index in [4.69, 9.17) is 5.73 Å². The highest BCUT2D eigenvalue weighted by molar-refractivity contribution is 5.82. The summed E-state index contributed by atoms with van der Waals surface area (Å²) >= 11 is 0. The average molecular weight is 214 g/mol. The van der Waals surface area contributed by atoms with Gasteiger partial charge in [0, 0.05) is 5.54 Å². The van der Waals surface area contributed by atoms with E-state index in [0.29, 0.717) is 0 Å². The molecule has 90 valence electrons. The third-order valence-electron chi connectivity index (χ3n) is 2.90. The first-order valence-electron chi connectivity index (χ1n) is 5.91. The van der Waals surface area contributed by atoms with Crippen molar-refractivity contribution in [2.45, 2.75) is 65.5 Å². The van der Waals surface area contributed by atoms with Crippen molar-refractivity contribution in [3.8, 4) is 0 Å². The fourth-order valence-corrected chi connectivity index (χ4v) is 1.62. The van der Waals surface area contributed by atoms with Gasteiger partial charge < -0.3 is 11.1 Å². The van der Waals surface area contributed by atoms with Crippen molar-refractivity contribution in [2.24, 2.45) is 11.7 Å². The summed E-state index contributed by atoms with van der Waals surface area (Å²) in [4.78, 5) is 11.8. The van der Waals surface area contributed by atoms with Crippen LogP contribution in [0.1, 0.15) is 53.9 Å². The molecular formula is C12H26N2O. The van der Waals surface area contributed by atoms with Gasteiger partial charge in [-0.15, -0.1) is 0 Å². The van der Waals surface area contributed by atoms with Crippen LogP contribution >= 0.6 is 0 Å². The zero-order chi connectivity index (χ0) is 12.1. The molecule has 0 heterocycles. The molecule has 3 nitrogen and oxygen atoms in total. The van der Waals surface area contributed by atoms with Crippen molar-refractivity contribution in [2.75, 3.05) is 0 Å². The lowest BCUT2D eigenvalue weighted by Crippen LogP contribution is -2.52. The van der Waals surface area contributed by atoms with Gasteiger partial charge in [-0.2, -0.15) is 0 Å². The Bertz CT molecular complexity index is 202. The maximum Gasteiger partial charge on any atom is 0.237 e. The number of hydrogen-bond acceptors (Lipinski definition) is 2. The highest BCUT2D eigenvalue weighted by Gasteiger charge is 2.25. The van der Waals surface area contributed by atoms with Crippen LogP contribution in [0.3, 0.4) is 0 Å². The molecule has 0 rings (SSSR count). The lowest BCUT2D eigenvalue weighted by Gasteiger charge is -2.29. The molecule has 15 heavy (non-hydrogen) atoms. The van der Waals surface area contributed by atoms with Gasteiger partial charge in [0.15, 0.2) is 0 Å². The Morgan fingerprint density at radius 1 is 1.40 bits per heavy atom. The average Bonchev–Trinajstić information content (AvgIpc) is 2.14. The molecule has 0 saturated carbocycles. The monoisotopic (exact) mass is 214 g/mol. The number of nitrogens with one attached hydrogen (secondary N) is 1. The maximum atomic E-state index is 11.8. The highest BCUT2D eigenvalue weighted by Crippen LogP contribution is 2.12. The predicted molar refractivity (Wildman–Crippen MR) is 64.6 cm³/mol. The van der Waals surface area contributed by atoms with E-state index in [1.54, 1.807) is 0 Å². The fraction of sp³-hybridized carbons (Fsp3) is 0.917. The van der Waals surface area contributed by atoms with E-state index in [-0.39, 0.29) is 23.4 Å². The van der Waals surface area contributed by atoms with Crippen molar-refractivity contribution < 1.29 is 4.79 Å². The minimum absolute atomic E-state index is 0.0252. The maximum absolute atomic E-state index is 11.8. The summed E-state index contributed by atoms with van der Waals surface area (Å²) < 4.78 is 0. The van der Waals surface area contributed by atoms with Crippen LogP contribution in [0, 0.1) is 5.92 Å². The Hall–Kier alpha value is -0.570. The van der Waals surface area contributed by atoms with Crippen LogP contribution in [0.2, 0.25) is 0 Å². The van der Waals surface area contributed by atoms with E-state index < -0.39 is 0 Å². The number of rotatable bonds is 6. The topological polar surface area (TPSA) is 55.1 Å². The summed E-state index contributed by atoms with van der Waals surface area (Å²) in [5.41, 5.74) is 5.72. The van der Waals surface area contributed by atoms with E-state index in [1.165, 1.54) is 0 Å². The molecule has 0 spiro atoms. The molecule has 3 N–H and O–H groups in total. The van der Waals surface area contributed by atoms with E-state index in [1.807, 2.05) is 20.8 Å². The Labute approximate surface area is 93.8 Å².